The van der Waals surface area contributed by atoms with Gasteiger partial charge in [0.25, 0.3) is 10.0 Å². The molecule has 4 rings (SSSR count). The molecule has 3 aromatic rings. The zero-order valence-electron chi connectivity index (χ0n) is 22.4. The summed E-state index contributed by atoms with van der Waals surface area (Å²) in [6.45, 7) is 9.66. The fourth-order valence-electron chi connectivity index (χ4n) is 4.79. The number of piperidine rings is 1. The van der Waals surface area contributed by atoms with E-state index in [9.17, 15) is 13.2 Å². The summed E-state index contributed by atoms with van der Waals surface area (Å²) in [5.41, 5.74) is 4.25. The van der Waals surface area contributed by atoms with Crippen LogP contribution < -0.4 is 14.5 Å². The normalized spacial score (nSPS) is 16.7. The molecule has 0 radical (unpaired) electrons. The predicted molar refractivity (Wildman–Crippen MR) is 156 cm³/mol. The standard InChI is InChI=1S/C30H36ClN3O3S/c1-21-7-15-28(16-8-21)38(36,37)34(27-12-9-23(3)29(31)18-27)20-30(35)32-24(4)25-10-13-26(14-11-25)33-17-5-6-22(2)19-33/h7-16,18,22,24H,5-6,17,19-20H2,1-4H3,(H,32,35). The van der Waals surface area contributed by atoms with Crippen LogP contribution in [0.2, 0.25) is 5.02 Å². The second-order valence-electron chi connectivity index (χ2n) is 10.3. The predicted octanol–water partition coefficient (Wildman–Crippen LogP) is 6.27. The van der Waals surface area contributed by atoms with Crippen molar-refractivity contribution in [3.05, 3.63) is 88.4 Å². The lowest BCUT2D eigenvalue weighted by molar-refractivity contribution is -0.120. The van der Waals surface area contributed by atoms with Crippen LogP contribution in [-0.4, -0.2) is 34.0 Å². The number of nitrogens with one attached hydrogen (secondary N) is 1. The lowest BCUT2D eigenvalue weighted by Crippen LogP contribution is -2.41. The SMILES string of the molecule is Cc1ccc(S(=O)(=O)N(CC(=O)NC(C)c2ccc(N3CCCC(C)C3)cc2)c2ccc(C)c(Cl)c2)cc1. The number of aryl methyl sites for hydroxylation is 2. The molecule has 1 fully saturated rings. The van der Waals surface area contributed by atoms with Crippen LogP contribution in [0.15, 0.2) is 71.6 Å². The van der Waals surface area contributed by atoms with Crippen LogP contribution in [0.1, 0.15) is 49.4 Å². The molecule has 2 unspecified atom stereocenters. The molecule has 6 nitrogen and oxygen atoms in total. The average molecular weight is 554 g/mol. The minimum atomic E-state index is -4.01. The Hall–Kier alpha value is -3.03. The third-order valence-corrected chi connectivity index (χ3v) is 9.33. The minimum absolute atomic E-state index is 0.114. The second-order valence-corrected chi connectivity index (χ2v) is 12.6. The highest BCUT2D eigenvalue weighted by atomic mass is 35.5. The number of anilines is 2. The van der Waals surface area contributed by atoms with Crippen molar-refractivity contribution >= 4 is 38.9 Å². The molecule has 38 heavy (non-hydrogen) atoms. The van der Waals surface area contributed by atoms with Gasteiger partial charge in [-0.2, -0.15) is 0 Å². The van der Waals surface area contributed by atoms with Crippen molar-refractivity contribution in [3.63, 3.8) is 0 Å². The number of nitrogens with zero attached hydrogens (tertiary/aromatic N) is 2. The van der Waals surface area contributed by atoms with Gasteiger partial charge < -0.3 is 10.2 Å². The van der Waals surface area contributed by atoms with E-state index in [1.165, 1.54) is 18.5 Å². The maximum absolute atomic E-state index is 13.6. The van der Waals surface area contributed by atoms with Gasteiger partial charge in [-0.3, -0.25) is 9.10 Å². The minimum Gasteiger partial charge on any atom is -0.371 e. The van der Waals surface area contributed by atoms with Gasteiger partial charge in [0.15, 0.2) is 0 Å². The fourth-order valence-corrected chi connectivity index (χ4v) is 6.38. The van der Waals surface area contributed by atoms with Crippen LogP contribution in [-0.2, 0) is 14.8 Å². The Kier molecular flexibility index (Phi) is 8.68. The molecule has 202 valence electrons. The Labute approximate surface area is 231 Å². The Morgan fingerprint density at radius 3 is 2.39 bits per heavy atom. The summed E-state index contributed by atoms with van der Waals surface area (Å²) in [5.74, 6) is 0.281. The van der Waals surface area contributed by atoms with Gasteiger partial charge >= 0.3 is 0 Å². The molecular weight excluding hydrogens is 518 g/mol. The quantitative estimate of drug-likeness (QED) is 0.357. The van der Waals surface area contributed by atoms with Crippen LogP contribution in [0, 0.1) is 19.8 Å². The maximum atomic E-state index is 13.6. The first kappa shape index (κ1) is 28.0. The number of amides is 1. The summed E-state index contributed by atoms with van der Waals surface area (Å²) < 4.78 is 28.4. The Balaban J connectivity index is 1.52. The van der Waals surface area contributed by atoms with E-state index in [0.29, 0.717) is 16.6 Å². The summed E-state index contributed by atoms with van der Waals surface area (Å²) in [5, 5.41) is 3.40. The molecule has 0 saturated carbocycles. The van der Waals surface area contributed by atoms with Crippen molar-refractivity contribution in [3.8, 4) is 0 Å². The molecule has 0 aromatic heterocycles. The molecule has 1 saturated heterocycles. The van der Waals surface area contributed by atoms with Crippen LogP contribution in [0.25, 0.3) is 0 Å². The van der Waals surface area contributed by atoms with Crippen molar-refractivity contribution in [2.24, 2.45) is 5.92 Å². The molecule has 3 aromatic carbocycles. The third kappa shape index (κ3) is 6.51. The first-order valence-electron chi connectivity index (χ1n) is 13.0. The molecule has 8 heteroatoms. The fraction of sp³-hybridized carbons (Fsp3) is 0.367. The van der Waals surface area contributed by atoms with E-state index in [4.69, 9.17) is 11.6 Å². The lowest BCUT2D eigenvalue weighted by atomic mass is 9.99. The molecule has 0 aliphatic carbocycles. The van der Waals surface area contributed by atoms with Crippen molar-refractivity contribution in [1.82, 2.24) is 5.32 Å². The van der Waals surface area contributed by atoms with Crippen molar-refractivity contribution in [2.45, 2.75) is 51.5 Å². The Morgan fingerprint density at radius 1 is 1.08 bits per heavy atom. The molecule has 2 atom stereocenters. The zero-order valence-corrected chi connectivity index (χ0v) is 24.0. The number of carbonyl (C=O) groups is 1. The van der Waals surface area contributed by atoms with Gasteiger partial charge in [0, 0.05) is 23.8 Å². The van der Waals surface area contributed by atoms with Gasteiger partial charge in [-0.15, -0.1) is 0 Å². The van der Waals surface area contributed by atoms with E-state index in [2.05, 4.69) is 29.3 Å². The largest absolute Gasteiger partial charge is 0.371 e. The summed E-state index contributed by atoms with van der Waals surface area (Å²) in [6.07, 6.45) is 2.46. The zero-order chi connectivity index (χ0) is 27.4. The van der Waals surface area contributed by atoms with Gasteiger partial charge in [-0.1, -0.05) is 54.4 Å². The summed E-state index contributed by atoms with van der Waals surface area (Å²) in [4.78, 5) is 15.7. The van der Waals surface area contributed by atoms with Gasteiger partial charge in [0.2, 0.25) is 5.91 Å². The van der Waals surface area contributed by atoms with Crippen LogP contribution in [0.4, 0.5) is 11.4 Å². The van der Waals surface area contributed by atoms with Gasteiger partial charge in [-0.25, -0.2) is 8.42 Å². The molecule has 1 N–H and O–H groups in total. The number of rotatable bonds is 8. The topological polar surface area (TPSA) is 69.7 Å². The Morgan fingerprint density at radius 2 is 1.76 bits per heavy atom. The van der Waals surface area contributed by atoms with Gasteiger partial charge in [0.05, 0.1) is 16.6 Å². The smallest absolute Gasteiger partial charge is 0.264 e. The van der Waals surface area contributed by atoms with Crippen molar-refractivity contribution < 1.29 is 13.2 Å². The number of carbonyl (C=O) groups excluding carboxylic acids is 1. The number of halogens is 1. The highest BCUT2D eigenvalue weighted by molar-refractivity contribution is 7.92. The molecular formula is C30H36ClN3O3S. The van der Waals surface area contributed by atoms with E-state index in [1.807, 2.05) is 32.9 Å². The summed E-state index contributed by atoms with van der Waals surface area (Å²) in [6, 6.07) is 19.5. The van der Waals surface area contributed by atoms with E-state index in [1.54, 1.807) is 42.5 Å². The number of benzene rings is 3. The molecule has 1 heterocycles. The van der Waals surface area contributed by atoms with Crippen molar-refractivity contribution in [1.29, 1.82) is 0 Å². The van der Waals surface area contributed by atoms with Gasteiger partial charge in [0.1, 0.15) is 6.54 Å². The van der Waals surface area contributed by atoms with Crippen molar-refractivity contribution in [2.75, 3.05) is 28.8 Å². The van der Waals surface area contributed by atoms with E-state index in [-0.39, 0.29) is 17.5 Å². The lowest BCUT2D eigenvalue weighted by Gasteiger charge is -2.33. The number of hydrogen-bond donors (Lipinski definition) is 1. The second kappa shape index (κ2) is 11.8. The van der Waals surface area contributed by atoms with E-state index >= 15 is 0 Å². The average Bonchev–Trinajstić information content (AvgIpc) is 2.89. The van der Waals surface area contributed by atoms with E-state index in [0.717, 1.165) is 34.1 Å². The first-order chi connectivity index (χ1) is 18.0. The number of sulfonamides is 1. The molecule has 1 aliphatic heterocycles. The monoisotopic (exact) mass is 553 g/mol. The first-order valence-corrected chi connectivity index (χ1v) is 14.9. The molecule has 0 spiro atoms. The van der Waals surface area contributed by atoms with Crippen LogP contribution in [0.5, 0.6) is 0 Å². The van der Waals surface area contributed by atoms with Crippen LogP contribution >= 0.6 is 11.6 Å². The van der Waals surface area contributed by atoms with Crippen LogP contribution in [0.3, 0.4) is 0 Å². The highest BCUT2D eigenvalue weighted by Gasteiger charge is 2.28. The highest BCUT2D eigenvalue weighted by Crippen LogP contribution is 2.29. The van der Waals surface area contributed by atoms with Gasteiger partial charge in [-0.05, 0) is 87.1 Å². The Bertz CT molecular complexity index is 1370. The number of hydrogen-bond acceptors (Lipinski definition) is 4. The molecule has 0 bridgehead atoms. The molecule has 1 amide bonds. The van der Waals surface area contributed by atoms with E-state index < -0.39 is 15.9 Å². The summed E-state index contributed by atoms with van der Waals surface area (Å²) >= 11 is 6.33. The summed E-state index contributed by atoms with van der Waals surface area (Å²) in [7, 11) is -4.01. The maximum Gasteiger partial charge on any atom is 0.264 e. The third-order valence-electron chi connectivity index (χ3n) is 7.13. The molecule has 1 aliphatic rings.